The Morgan fingerprint density at radius 1 is 1.17 bits per heavy atom. The Hall–Kier alpha value is -3.27. The minimum Gasteiger partial charge on any atom is -0.495 e. The van der Waals surface area contributed by atoms with Gasteiger partial charge in [0.25, 0.3) is 0 Å². The number of benzene rings is 2. The van der Waals surface area contributed by atoms with Crippen molar-refractivity contribution in [2.24, 2.45) is 0 Å². The molecule has 0 aliphatic carbocycles. The number of methoxy groups -OCH3 is 1. The molecule has 2 aromatic rings. The van der Waals surface area contributed by atoms with Crippen LogP contribution in [0.2, 0.25) is 0 Å². The lowest BCUT2D eigenvalue weighted by Crippen LogP contribution is -2.57. The van der Waals surface area contributed by atoms with E-state index in [0.29, 0.717) is 18.0 Å². The lowest BCUT2D eigenvalue weighted by atomic mass is 10.1. The summed E-state index contributed by atoms with van der Waals surface area (Å²) in [7, 11) is 2.98. The number of alkyl halides is 3. The molecule has 0 radical (unpaired) electrons. The predicted molar refractivity (Wildman–Crippen MR) is 103 cm³/mol. The van der Waals surface area contributed by atoms with Gasteiger partial charge in [0.2, 0.25) is 11.8 Å². The van der Waals surface area contributed by atoms with E-state index in [1.54, 1.807) is 19.2 Å². The molecule has 1 atom stereocenters. The van der Waals surface area contributed by atoms with Gasteiger partial charge in [0.1, 0.15) is 23.3 Å². The second-order valence-corrected chi connectivity index (χ2v) is 6.63. The van der Waals surface area contributed by atoms with Crippen molar-refractivity contribution in [1.82, 2.24) is 10.2 Å². The molecule has 1 heterocycles. The number of carbonyl (C=O) groups is 2. The van der Waals surface area contributed by atoms with Crippen LogP contribution in [0.3, 0.4) is 0 Å². The van der Waals surface area contributed by atoms with Crippen molar-refractivity contribution in [3.05, 3.63) is 48.0 Å². The highest BCUT2D eigenvalue weighted by Crippen LogP contribution is 2.34. The second kappa shape index (κ2) is 8.62. The average molecular weight is 423 g/mol. The first-order valence-electron chi connectivity index (χ1n) is 8.99. The molecule has 30 heavy (non-hydrogen) atoms. The molecule has 3 rings (SSSR count). The van der Waals surface area contributed by atoms with Gasteiger partial charge in [0.15, 0.2) is 0 Å². The molecule has 0 spiro atoms. The van der Waals surface area contributed by atoms with Crippen LogP contribution < -0.4 is 20.1 Å². The number of halogens is 3. The quantitative estimate of drug-likeness (QED) is 0.773. The van der Waals surface area contributed by atoms with Gasteiger partial charge < -0.3 is 25.0 Å². The minimum atomic E-state index is -4.43. The minimum absolute atomic E-state index is 0.167. The third kappa shape index (κ3) is 4.82. The number of anilines is 1. The number of piperazine rings is 1. The molecule has 2 amide bonds. The number of nitrogens with one attached hydrogen (secondary N) is 2. The fourth-order valence-electron chi connectivity index (χ4n) is 2.93. The summed E-state index contributed by atoms with van der Waals surface area (Å²) in [6, 6.07) is 8.17. The fourth-order valence-corrected chi connectivity index (χ4v) is 2.93. The fraction of sp³-hybridized carbons (Fsp3) is 0.300. The number of rotatable bonds is 5. The van der Waals surface area contributed by atoms with Gasteiger partial charge >= 0.3 is 6.18 Å². The number of carbonyl (C=O) groups excluding carboxylic acids is 2. The summed E-state index contributed by atoms with van der Waals surface area (Å²) >= 11 is 0. The molecular weight excluding hydrogens is 403 g/mol. The summed E-state index contributed by atoms with van der Waals surface area (Å²) < 4.78 is 48.9. The Kier molecular flexibility index (Phi) is 6.16. The van der Waals surface area contributed by atoms with Crippen LogP contribution in [-0.4, -0.2) is 50.0 Å². The van der Waals surface area contributed by atoms with Crippen LogP contribution in [0.25, 0.3) is 0 Å². The van der Waals surface area contributed by atoms with Gasteiger partial charge in [-0.1, -0.05) is 0 Å². The largest absolute Gasteiger partial charge is 0.495 e. The van der Waals surface area contributed by atoms with Gasteiger partial charge in [-0.3, -0.25) is 9.59 Å². The number of hydrogen-bond donors (Lipinski definition) is 2. The molecule has 7 nitrogen and oxygen atoms in total. The molecule has 0 bridgehead atoms. The highest BCUT2D eigenvalue weighted by Gasteiger charge is 2.31. The Morgan fingerprint density at radius 2 is 1.83 bits per heavy atom. The number of ether oxygens (including phenoxy) is 2. The van der Waals surface area contributed by atoms with Crippen LogP contribution in [-0.2, 0) is 15.8 Å². The van der Waals surface area contributed by atoms with Crippen molar-refractivity contribution in [3.63, 3.8) is 0 Å². The van der Waals surface area contributed by atoms with Crippen molar-refractivity contribution < 1.29 is 32.2 Å². The maximum atomic E-state index is 12.7. The monoisotopic (exact) mass is 423 g/mol. The van der Waals surface area contributed by atoms with E-state index in [1.165, 1.54) is 30.2 Å². The molecule has 2 N–H and O–H groups in total. The highest BCUT2D eigenvalue weighted by molar-refractivity contribution is 5.99. The van der Waals surface area contributed by atoms with Crippen molar-refractivity contribution in [3.8, 4) is 17.2 Å². The molecule has 1 aliphatic rings. The number of hydrogen-bond acceptors (Lipinski definition) is 5. The molecule has 1 unspecified atom stereocenters. The Labute approximate surface area is 170 Å². The third-order valence-corrected chi connectivity index (χ3v) is 4.62. The number of nitrogens with zero attached hydrogens (tertiary/aromatic N) is 1. The van der Waals surface area contributed by atoms with Crippen molar-refractivity contribution in [2.45, 2.75) is 12.2 Å². The zero-order chi connectivity index (χ0) is 21.9. The summed E-state index contributed by atoms with van der Waals surface area (Å²) in [5, 5.41) is 5.59. The number of likely N-dealkylation sites (N-methyl/N-ethyl adjacent to an activating group) is 1. The van der Waals surface area contributed by atoms with Crippen LogP contribution in [0.5, 0.6) is 17.2 Å². The van der Waals surface area contributed by atoms with E-state index in [-0.39, 0.29) is 24.0 Å². The zero-order valence-corrected chi connectivity index (χ0v) is 16.2. The molecule has 10 heteroatoms. The van der Waals surface area contributed by atoms with E-state index >= 15 is 0 Å². The average Bonchev–Trinajstić information content (AvgIpc) is 2.70. The van der Waals surface area contributed by atoms with Crippen LogP contribution in [0.15, 0.2) is 42.5 Å². The normalized spacial score (nSPS) is 16.9. The Bertz CT molecular complexity index is 932. The maximum Gasteiger partial charge on any atom is 0.416 e. The molecule has 1 aliphatic heterocycles. The van der Waals surface area contributed by atoms with Gasteiger partial charge in [-0.2, -0.15) is 13.2 Å². The molecule has 1 fully saturated rings. The van der Waals surface area contributed by atoms with E-state index in [2.05, 4.69) is 10.6 Å². The third-order valence-electron chi connectivity index (χ3n) is 4.62. The van der Waals surface area contributed by atoms with Gasteiger partial charge in [-0.15, -0.1) is 0 Å². The van der Waals surface area contributed by atoms with Gasteiger partial charge in [0, 0.05) is 19.7 Å². The van der Waals surface area contributed by atoms with Crippen LogP contribution in [0.4, 0.5) is 18.9 Å². The summed E-state index contributed by atoms with van der Waals surface area (Å²) in [5.74, 6) is 0.237. The van der Waals surface area contributed by atoms with E-state index in [1.807, 2.05) is 0 Å². The van der Waals surface area contributed by atoms with Crippen molar-refractivity contribution >= 4 is 17.5 Å². The summed E-state index contributed by atoms with van der Waals surface area (Å²) in [6.07, 6.45) is -4.43. The predicted octanol–water partition coefficient (Wildman–Crippen LogP) is 2.88. The van der Waals surface area contributed by atoms with Gasteiger partial charge in [-0.25, -0.2) is 0 Å². The summed E-state index contributed by atoms with van der Waals surface area (Å²) in [5.41, 5.74) is -0.476. The molecule has 1 saturated heterocycles. The Morgan fingerprint density at radius 3 is 2.47 bits per heavy atom. The maximum absolute atomic E-state index is 12.7. The number of amides is 2. The van der Waals surface area contributed by atoms with Crippen molar-refractivity contribution in [1.29, 1.82) is 0 Å². The standard InChI is InChI=1S/C20H20F3N3O4/c1-26-16(10-24-11-18(26)27)19(28)25-15-9-14(7-8-17(15)29-2)30-13-5-3-12(4-6-13)20(21,22)23/h3-9,16,24H,10-11H2,1-2H3,(H,25,28). The van der Waals surface area contributed by atoms with Crippen molar-refractivity contribution in [2.75, 3.05) is 32.6 Å². The summed E-state index contributed by atoms with van der Waals surface area (Å²) in [4.78, 5) is 25.8. The summed E-state index contributed by atoms with van der Waals surface area (Å²) in [6.45, 7) is 0.470. The molecule has 2 aromatic carbocycles. The molecule has 0 aromatic heterocycles. The molecule has 0 saturated carbocycles. The van der Waals surface area contributed by atoms with Crippen LogP contribution in [0, 0.1) is 0 Å². The lowest BCUT2D eigenvalue weighted by Gasteiger charge is -2.32. The van der Waals surface area contributed by atoms with Gasteiger partial charge in [-0.05, 0) is 36.4 Å². The first kappa shape index (κ1) is 21.4. The van der Waals surface area contributed by atoms with E-state index < -0.39 is 23.7 Å². The van der Waals surface area contributed by atoms with E-state index in [4.69, 9.17) is 9.47 Å². The van der Waals surface area contributed by atoms with Gasteiger partial charge in [0.05, 0.1) is 24.9 Å². The molecule has 160 valence electrons. The van der Waals surface area contributed by atoms with Crippen LogP contribution >= 0.6 is 0 Å². The lowest BCUT2D eigenvalue weighted by molar-refractivity contribution is -0.138. The Balaban J connectivity index is 1.76. The second-order valence-electron chi connectivity index (χ2n) is 6.63. The first-order valence-corrected chi connectivity index (χ1v) is 8.99. The topological polar surface area (TPSA) is 79.9 Å². The van der Waals surface area contributed by atoms with E-state index in [9.17, 15) is 22.8 Å². The SMILES string of the molecule is COc1ccc(Oc2ccc(C(F)(F)F)cc2)cc1NC(=O)C1CNCC(=O)N1C. The first-order chi connectivity index (χ1) is 14.2. The van der Waals surface area contributed by atoms with Crippen LogP contribution in [0.1, 0.15) is 5.56 Å². The zero-order valence-electron chi connectivity index (χ0n) is 16.2. The van der Waals surface area contributed by atoms with E-state index in [0.717, 1.165) is 12.1 Å². The smallest absolute Gasteiger partial charge is 0.416 e. The highest BCUT2D eigenvalue weighted by atomic mass is 19.4. The molecular formula is C20H20F3N3O4.